The minimum absolute atomic E-state index is 0.747. The van der Waals surface area contributed by atoms with Crippen molar-refractivity contribution in [2.45, 2.75) is 13.0 Å². The maximum absolute atomic E-state index is 5.51. The van der Waals surface area contributed by atoms with Crippen molar-refractivity contribution >= 4 is 21.6 Å². The number of hydrogen-bond donors (Lipinski definition) is 1. The number of halogens is 1. The standard InChI is InChI=1S/C16H16BrNO2/c1-19-14-3-4-15(17)12(9-14)10-18-13-2-5-16-11(8-13)6-7-20-16/h2-5,8-9,18H,6-7,10H2,1H3. The maximum atomic E-state index is 5.51. The van der Waals surface area contributed by atoms with Gasteiger partial charge in [0, 0.05) is 23.1 Å². The molecule has 20 heavy (non-hydrogen) atoms. The topological polar surface area (TPSA) is 30.5 Å². The Morgan fingerprint density at radius 1 is 1.25 bits per heavy atom. The number of fused-ring (bicyclic) bond motifs is 1. The van der Waals surface area contributed by atoms with Crippen LogP contribution in [-0.4, -0.2) is 13.7 Å². The first-order valence-electron chi connectivity index (χ1n) is 6.58. The van der Waals surface area contributed by atoms with E-state index in [-0.39, 0.29) is 0 Å². The predicted octanol–water partition coefficient (Wildman–Crippen LogP) is 4.00. The Bertz CT molecular complexity index is 628. The second-order valence-electron chi connectivity index (χ2n) is 4.73. The van der Waals surface area contributed by atoms with Crippen LogP contribution in [0.15, 0.2) is 40.9 Å². The van der Waals surface area contributed by atoms with Crippen molar-refractivity contribution in [3.63, 3.8) is 0 Å². The van der Waals surface area contributed by atoms with Gasteiger partial charge in [0.1, 0.15) is 11.5 Å². The molecule has 1 aliphatic rings. The van der Waals surface area contributed by atoms with E-state index in [1.165, 1.54) is 11.1 Å². The molecule has 0 aliphatic carbocycles. The molecule has 2 aromatic rings. The highest BCUT2D eigenvalue weighted by Gasteiger charge is 2.12. The molecule has 0 fully saturated rings. The van der Waals surface area contributed by atoms with Crippen molar-refractivity contribution in [1.82, 2.24) is 0 Å². The van der Waals surface area contributed by atoms with Crippen molar-refractivity contribution in [1.29, 1.82) is 0 Å². The quantitative estimate of drug-likeness (QED) is 0.917. The SMILES string of the molecule is COc1ccc(Br)c(CNc2ccc3c(c2)CCO3)c1. The summed E-state index contributed by atoms with van der Waals surface area (Å²) in [4.78, 5) is 0. The van der Waals surface area contributed by atoms with E-state index >= 15 is 0 Å². The van der Waals surface area contributed by atoms with Crippen molar-refractivity contribution in [2.75, 3.05) is 19.0 Å². The predicted molar refractivity (Wildman–Crippen MR) is 83.7 cm³/mol. The Morgan fingerprint density at radius 3 is 3.00 bits per heavy atom. The van der Waals surface area contributed by atoms with E-state index in [2.05, 4.69) is 33.4 Å². The Labute approximate surface area is 127 Å². The summed E-state index contributed by atoms with van der Waals surface area (Å²) >= 11 is 3.57. The molecule has 0 atom stereocenters. The van der Waals surface area contributed by atoms with Crippen LogP contribution in [0.25, 0.3) is 0 Å². The van der Waals surface area contributed by atoms with E-state index in [9.17, 15) is 0 Å². The summed E-state index contributed by atoms with van der Waals surface area (Å²) in [5.41, 5.74) is 3.56. The molecule has 1 aliphatic heterocycles. The number of rotatable bonds is 4. The van der Waals surface area contributed by atoms with E-state index < -0.39 is 0 Å². The number of hydrogen-bond acceptors (Lipinski definition) is 3. The average Bonchev–Trinajstić information content (AvgIpc) is 2.94. The van der Waals surface area contributed by atoms with Gasteiger partial charge in [0.05, 0.1) is 13.7 Å². The van der Waals surface area contributed by atoms with Crippen LogP contribution < -0.4 is 14.8 Å². The third-order valence-electron chi connectivity index (χ3n) is 3.43. The zero-order valence-electron chi connectivity index (χ0n) is 11.3. The Hall–Kier alpha value is -1.68. The van der Waals surface area contributed by atoms with Gasteiger partial charge in [0.15, 0.2) is 0 Å². The molecule has 4 heteroatoms. The lowest BCUT2D eigenvalue weighted by Crippen LogP contribution is -2.01. The zero-order chi connectivity index (χ0) is 13.9. The molecular formula is C16H16BrNO2. The maximum Gasteiger partial charge on any atom is 0.122 e. The van der Waals surface area contributed by atoms with Crippen LogP contribution in [-0.2, 0) is 13.0 Å². The third-order valence-corrected chi connectivity index (χ3v) is 4.20. The lowest BCUT2D eigenvalue weighted by Gasteiger charge is -2.11. The molecule has 0 saturated heterocycles. The molecule has 2 aromatic carbocycles. The van der Waals surface area contributed by atoms with E-state index in [0.29, 0.717) is 0 Å². The fourth-order valence-corrected chi connectivity index (χ4v) is 2.69. The summed E-state index contributed by atoms with van der Waals surface area (Å²) < 4.78 is 11.9. The lowest BCUT2D eigenvalue weighted by molar-refractivity contribution is 0.357. The van der Waals surface area contributed by atoms with E-state index in [0.717, 1.165) is 41.2 Å². The number of benzene rings is 2. The van der Waals surface area contributed by atoms with Crippen LogP contribution in [0, 0.1) is 0 Å². The van der Waals surface area contributed by atoms with Gasteiger partial charge < -0.3 is 14.8 Å². The summed E-state index contributed by atoms with van der Waals surface area (Å²) in [5.74, 6) is 1.88. The fraction of sp³-hybridized carbons (Fsp3) is 0.250. The van der Waals surface area contributed by atoms with Gasteiger partial charge in [-0.2, -0.15) is 0 Å². The van der Waals surface area contributed by atoms with Crippen LogP contribution in [0.2, 0.25) is 0 Å². The van der Waals surface area contributed by atoms with Crippen LogP contribution in [0.4, 0.5) is 5.69 Å². The number of anilines is 1. The van der Waals surface area contributed by atoms with E-state index in [4.69, 9.17) is 9.47 Å². The van der Waals surface area contributed by atoms with Gasteiger partial charge in [-0.3, -0.25) is 0 Å². The van der Waals surface area contributed by atoms with E-state index in [1.807, 2.05) is 24.3 Å². The molecule has 3 rings (SSSR count). The molecule has 3 nitrogen and oxygen atoms in total. The van der Waals surface area contributed by atoms with Crippen molar-refractivity contribution in [2.24, 2.45) is 0 Å². The number of nitrogens with one attached hydrogen (secondary N) is 1. The second-order valence-corrected chi connectivity index (χ2v) is 5.59. The van der Waals surface area contributed by atoms with Gasteiger partial charge in [0.2, 0.25) is 0 Å². The van der Waals surface area contributed by atoms with Crippen molar-refractivity contribution in [3.05, 3.63) is 52.0 Å². The van der Waals surface area contributed by atoms with Gasteiger partial charge in [0.25, 0.3) is 0 Å². The molecule has 104 valence electrons. The summed E-state index contributed by atoms with van der Waals surface area (Å²) in [7, 11) is 1.68. The molecule has 0 unspecified atom stereocenters. The van der Waals surface area contributed by atoms with Crippen LogP contribution >= 0.6 is 15.9 Å². The molecule has 0 bridgehead atoms. The highest BCUT2D eigenvalue weighted by atomic mass is 79.9. The molecule has 0 saturated carbocycles. The highest BCUT2D eigenvalue weighted by Crippen LogP contribution is 2.29. The van der Waals surface area contributed by atoms with Crippen molar-refractivity contribution < 1.29 is 9.47 Å². The first-order valence-corrected chi connectivity index (χ1v) is 7.37. The molecule has 1 N–H and O–H groups in total. The Morgan fingerprint density at radius 2 is 2.15 bits per heavy atom. The zero-order valence-corrected chi connectivity index (χ0v) is 12.9. The molecule has 0 spiro atoms. The number of methoxy groups -OCH3 is 1. The van der Waals surface area contributed by atoms with Crippen molar-refractivity contribution in [3.8, 4) is 11.5 Å². The van der Waals surface area contributed by atoms with Crippen LogP contribution in [0.3, 0.4) is 0 Å². The van der Waals surface area contributed by atoms with E-state index in [1.54, 1.807) is 7.11 Å². The van der Waals surface area contributed by atoms with Crippen LogP contribution in [0.5, 0.6) is 11.5 Å². The monoisotopic (exact) mass is 333 g/mol. The molecule has 0 amide bonds. The second kappa shape index (κ2) is 5.75. The third kappa shape index (κ3) is 2.75. The molecule has 0 aromatic heterocycles. The summed E-state index contributed by atoms with van der Waals surface area (Å²) in [6, 6.07) is 12.2. The highest BCUT2D eigenvalue weighted by molar-refractivity contribution is 9.10. The first kappa shape index (κ1) is 13.3. The smallest absolute Gasteiger partial charge is 0.122 e. The Kier molecular flexibility index (Phi) is 3.83. The first-order chi connectivity index (χ1) is 9.76. The minimum atomic E-state index is 0.747. The summed E-state index contributed by atoms with van der Waals surface area (Å²) in [6.07, 6.45) is 0.994. The van der Waals surface area contributed by atoms with Gasteiger partial charge in [-0.05, 0) is 47.5 Å². The molecule has 0 radical (unpaired) electrons. The number of ether oxygens (including phenoxy) is 2. The van der Waals surface area contributed by atoms with Gasteiger partial charge in [-0.25, -0.2) is 0 Å². The lowest BCUT2D eigenvalue weighted by atomic mass is 10.1. The van der Waals surface area contributed by atoms with Crippen LogP contribution in [0.1, 0.15) is 11.1 Å². The summed E-state index contributed by atoms with van der Waals surface area (Å²) in [5, 5.41) is 3.44. The normalized spacial score (nSPS) is 12.7. The summed E-state index contributed by atoms with van der Waals surface area (Å²) in [6.45, 7) is 1.54. The molecular weight excluding hydrogens is 318 g/mol. The molecule has 1 heterocycles. The largest absolute Gasteiger partial charge is 0.497 e. The Balaban J connectivity index is 1.73. The average molecular weight is 334 g/mol. The van der Waals surface area contributed by atoms with Gasteiger partial charge in [-0.15, -0.1) is 0 Å². The minimum Gasteiger partial charge on any atom is -0.497 e. The van der Waals surface area contributed by atoms with Gasteiger partial charge >= 0.3 is 0 Å². The fourth-order valence-electron chi connectivity index (χ4n) is 2.31. The van der Waals surface area contributed by atoms with Gasteiger partial charge in [-0.1, -0.05) is 15.9 Å².